The molecule has 2 aliphatic rings. The van der Waals surface area contributed by atoms with Gasteiger partial charge in [0.15, 0.2) is 0 Å². The standard InChI is InChI=1S/C22H27N3O/c1-16(14-25-11-10-17-6-2-3-8-19(17)15-25)24-22(26)20-12-18-7-4-5-9-21(18)23-13-20/h2-3,6,8,12-13,16H,4-5,7,9-11,14-15H2,1H3,(H,24,26). The van der Waals surface area contributed by atoms with Gasteiger partial charge in [0.1, 0.15) is 0 Å². The molecule has 1 aromatic heterocycles. The molecular weight excluding hydrogens is 322 g/mol. The molecule has 0 radical (unpaired) electrons. The summed E-state index contributed by atoms with van der Waals surface area (Å²) >= 11 is 0. The molecule has 1 aliphatic heterocycles. The van der Waals surface area contributed by atoms with Gasteiger partial charge in [0, 0.05) is 37.6 Å². The average molecular weight is 349 g/mol. The lowest BCUT2D eigenvalue weighted by molar-refractivity contribution is 0.0926. The monoisotopic (exact) mass is 349 g/mol. The van der Waals surface area contributed by atoms with E-state index in [0.717, 1.165) is 38.9 Å². The molecule has 4 heteroatoms. The van der Waals surface area contributed by atoms with Crippen molar-refractivity contribution in [2.75, 3.05) is 13.1 Å². The lowest BCUT2D eigenvalue weighted by Crippen LogP contribution is -2.43. The van der Waals surface area contributed by atoms with Gasteiger partial charge in [-0.3, -0.25) is 14.7 Å². The van der Waals surface area contributed by atoms with Crippen molar-refractivity contribution in [2.45, 2.75) is 51.6 Å². The van der Waals surface area contributed by atoms with Crippen LogP contribution in [0, 0.1) is 0 Å². The molecule has 4 rings (SSSR count). The third kappa shape index (κ3) is 3.80. The fourth-order valence-electron chi connectivity index (χ4n) is 4.16. The van der Waals surface area contributed by atoms with Gasteiger partial charge in [-0.1, -0.05) is 24.3 Å². The van der Waals surface area contributed by atoms with E-state index in [1.54, 1.807) is 6.20 Å². The predicted molar refractivity (Wildman–Crippen MR) is 103 cm³/mol. The molecule has 1 aliphatic carbocycles. The van der Waals surface area contributed by atoms with Crippen molar-refractivity contribution < 1.29 is 4.79 Å². The number of carbonyl (C=O) groups is 1. The molecule has 0 spiro atoms. The van der Waals surface area contributed by atoms with Crippen LogP contribution in [0.2, 0.25) is 0 Å². The van der Waals surface area contributed by atoms with E-state index in [9.17, 15) is 4.79 Å². The van der Waals surface area contributed by atoms with Crippen LogP contribution in [-0.4, -0.2) is 34.9 Å². The molecular formula is C22H27N3O. The van der Waals surface area contributed by atoms with Gasteiger partial charge in [-0.2, -0.15) is 0 Å². The van der Waals surface area contributed by atoms with Crippen molar-refractivity contribution in [1.29, 1.82) is 0 Å². The summed E-state index contributed by atoms with van der Waals surface area (Å²) in [6.45, 7) is 4.98. The Morgan fingerprint density at radius 1 is 1.15 bits per heavy atom. The number of hydrogen-bond donors (Lipinski definition) is 1. The van der Waals surface area contributed by atoms with Crippen molar-refractivity contribution in [3.8, 4) is 0 Å². The second kappa shape index (κ2) is 7.58. The summed E-state index contributed by atoms with van der Waals surface area (Å²) in [5, 5.41) is 3.15. The molecule has 1 N–H and O–H groups in total. The fraction of sp³-hybridized carbons (Fsp3) is 0.455. The maximum absolute atomic E-state index is 12.6. The van der Waals surface area contributed by atoms with E-state index in [-0.39, 0.29) is 11.9 Å². The number of benzene rings is 1. The van der Waals surface area contributed by atoms with Crippen LogP contribution in [0.4, 0.5) is 0 Å². The number of nitrogens with one attached hydrogen (secondary N) is 1. The van der Waals surface area contributed by atoms with Gasteiger partial charge in [0.05, 0.1) is 5.56 Å². The van der Waals surface area contributed by atoms with Crippen LogP contribution in [0.1, 0.15) is 52.5 Å². The number of aromatic nitrogens is 1. The van der Waals surface area contributed by atoms with Crippen molar-refractivity contribution in [2.24, 2.45) is 0 Å². The second-order valence-corrected chi connectivity index (χ2v) is 7.67. The number of pyridine rings is 1. The first kappa shape index (κ1) is 17.2. The summed E-state index contributed by atoms with van der Waals surface area (Å²) in [7, 11) is 0. The van der Waals surface area contributed by atoms with Crippen LogP contribution >= 0.6 is 0 Å². The third-order valence-electron chi connectivity index (χ3n) is 5.55. The van der Waals surface area contributed by atoms with Gasteiger partial charge in [-0.15, -0.1) is 0 Å². The molecule has 2 heterocycles. The lowest BCUT2D eigenvalue weighted by Gasteiger charge is -2.31. The summed E-state index contributed by atoms with van der Waals surface area (Å²) < 4.78 is 0. The highest BCUT2D eigenvalue weighted by Crippen LogP contribution is 2.20. The Labute approximate surface area is 155 Å². The Balaban J connectivity index is 1.35. The highest BCUT2D eigenvalue weighted by atomic mass is 16.1. The van der Waals surface area contributed by atoms with Gasteiger partial charge >= 0.3 is 0 Å². The van der Waals surface area contributed by atoms with Gasteiger partial charge < -0.3 is 5.32 Å². The minimum atomic E-state index is -0.00390. The van der Waals surface area contributed by atoms with Gasteiger partial charge in [0.2, 0.25) is 0 Å². The van der Waals surface area contributed by atoms with E-state index in [1.165, 1.54) is 35.2 Å². The second-order valence-electron chi connectivity index (χ2n) is 7.67. The zero-order chi connectivity index (χ0) is 17.9. The van der Waals surface area contributed by atoms with Crippen LogP contribution in [0.15, 0.2) is 36.5 Å². The minimum absolute atomic E-state index is 0.00390. The molecule has 136 valence electrons. The molecule has 0 saturated carbocycles. The zero-order valence-corrected chi connectivity index (χ0v) is 15.5. The highest BCUT2D eigenvalue weighted by Gasteiger charge is 2.20. The molecule has 0 saturated heterocycles. The molecule has 1 amide bonds. The van der Waals surface area contributed by atoms with Gasteiger partial charge in [-0.25, -0.2) is 0 Å². The summed E-state index contributed by atoms with van der Waals surface area (Å²) in [6.07, 6.45) is 7.33. The molecule has 2 aromatic rings. The number of aryl methyl sites for hydroxylation is 2. The first-order valence-corrected chi connectivity index (χ1v) is 9.77. The van der Waals surface area contributed by atoms with Crippen molar-refractivity contribution in [1.82, 2.24) is 15.2 Å². The van der Waals surface area contributed by atoms with E-state index < -0.39 is 0 Å². The fourth-order valence-corrected chi connectivity index (χ4v) is 4.16. The normalized spacial score (nSPS) is 17.9. The predicted octanol–water partition coefficient (Wildman–Crippen LogP) is 3.14. The summed E-state index contributed by atoms with van der Waals surface area (Å²) in [5.41, 5.74) is 6.00. The first-order chi connectivity index (χ1) is 12.7. The molecule has 4 nitrogen and oxygen atoms in total. The van der Waals surface area contributed by atoms with Crippen LogP contribution in [0.25, 0.3) is 0 Å². The molecule has 1 unspecified atom stereocenters. The highest BCUT2D eigenvalue weighted by molar-refractivity contribution is 5.94. The van der Waals surface area contributed by atoms with Crippen molar-refractivity contribution in [3.63, 3.8) is 0 Å². The van der Waals surface area contributed by atoms with Crippen molar-refractivity contribution >= 4 is 5.91 Å². The number of hydrogen-bond acceptors (Lipinski definition) is 3. The van der Waals surface area contributed by atoms with Crippen LogP contribution in [0.3, 0.4) is 0 Å². The number of amides is 1. The van der Waals surface area contributed by atoms with E-state index in [4.69, 9.17) is 0 Å². The van der Waals surface area contributed by atoms with Crippen LogP contribution < -0.4 is 5.32 Å². The molecule has 26 heavy (non-hydrogen) atoms. The van der Waals surface area contributed by atoms with Gasteiger partial charge in [0.25, 0.3) is 5.91 Å². The Morgan fingerprint density at radius 3 is 2.85 bits per heavy atom. The van der Waals surface area contributed by atoms with Crippen LogP contribution in [-0.2, 0) is 25.8 Å². The number of nitrogens with zero attached hydrogens (tertiary/aromatic N) is 2. The molecule has 1 atom stereocenters. The summed E-state index contributed by atoms with van der Waals surface area (Å²) in [6, 6.07) is 10.8. The quantitative estimate of drug-likeness (QED) is 0.922. The van der Waals surface area contributed by atoms with E-state index >= 15 is 0 Å². The van der Waals surface area contributed by atoms with Crippen LogP contribution in [0.5, 0.6) is 0 Å². The molecule has 0 fully saturated rings. The molecule has 1 aromatic carbocycles. The van der Waals surface area contributed by atoms with Crippen molar-refractivity contribution in [3.05, 3.63) is 64.5 Å². The summed E-state index contributed by atoms with van der Waals surface area (Å²) in [4.78, 5) is 19.6. The number of fused-ring (bicyclic) bond motifs is 2. The Bertz CT molecular complexity index is 802. The molecule has 0 bridgehead atoms. The minimum Gasteiger partial charge on any atom is -0.348 e. The number of carbonyl (C=O) groups excluding carboxylic acids is 1. The van der Waals surface area contributed by atoms with E-state index in [0.29, 0.717) is 5.56 Å². The summed E-state index contributed by atoms with van der Waals surface area (Å²) in [5.74, 6) is -0.00390. The smallest absolute Gasteiger partial charge is 0.253 e. The SMILES string of the molecule is CC(CN1CCc2ccccc2C1)NC(=O)c1cnc2c(c1)CCCC2. The average Bonchev–Trinajstić information content (AvgIpc) is 2.67. The lowest BCUT2D eigenvalue weighted by atomic mass is 9.95. The Hall–Kier alpha value is -2.20. The van der Waals surface area contributed by atoms with E-state index in [1.807, 2.05) is 6.07 Å². The van der Waals surface area contributed by atoms with E-state index in [2.05, 4.69) is 46.4 Å². The largest absolute Gasteiger partial charge is 0.348 e. The topological polar surface area (TPSA) is 45.2 Å². The third-order valence-corrected chi connectivity index (χ3v) is 5.55. The Morgan fingerprint density at radius 2 is 1.96 bits per heavy atom. The maximum Gasteiger partial charge on any atom is 0.253 e. The number of rotatable bonds is 4. The Kier molecular flexibility index (Phi) is 5.02. The maximum atomic E-state index is 12.6. The van der Waals surface area contributed by atoms with Gasteiger partial charge in [-0.05, 0) is 61.8 Å². The first-order valence-electron chi connectivity index (χ1n) is 9.77. The zero-order valence-electron chi connectivity index (χ0n) is 15.5.